The Kier molecular flexibility index (Phi) is 134. The van der Waals surface area contributed by atoms with Gasteiger partial charge in [0.15, 0.2) is 0 Å². The van der Waals surface area contributed by atoms with Gasteiger partial charge in [-0.3, -0.25) is 19.2 Å². The van der Waals surface area contributed by atoms with Gasteiger partial charge in [0.05, 0.1) is 607 Å². The number of aliphatic carboxylic acids is 2. The highest BCUT2D eigenvalue weighted by molar-refractivity contribution is 5.77. The highest BCUT2D eigenvalue weighted by Crippen LogP contribution is 2.00. The van der Waals surface area contributed by atoms with Gasteiger partial charge >= 0.3 is 23.9 Å². The Hall–Kier alpha value is -3.88. The van der Waals surface area contributed by atoms with Crippen molar-refractivity contribution in [1.29, 1.82) is 0 Å². The lowest BCUT2D eigenvalue weighted by atomic mass is 10.3. The van der Waals surface area contributed by atoms with Gasteiger partial charge in [-0.05, 0) is 0 Å². The second-order valence-corrected chi connectivity index (χ2v) is 30.2. The molecule has 0 unspecified atom stereocenters. The summed E-state index contributed by atoms with van der Waals surface area (Å²) in [5.74, 6) is -3.22. The number of carbonyl (C=O) groups is 4. The molecule has 0 aliphatic heterocycles. The van der Waals surface area contributed by atoms with Crippen LogP contribution in [0.4, 0.5) is 0 Å². The van der Waals surface area contributed by atoms with Crippen LogP contribution in [0.5, 0.6) is 0 Å². The molecule has 0 atom stereocenters. The molecule has 0 radical (unpaired) electrons. The Labute approximate surface area is 888 Å². The van der Waals surface area contributed by atoms with Crippen LogP contribution in [0, 0.1) is 0 Å². The smallest absolute Gasteiger partial charge is 0.306 e. The highest BCUT2D eigenvalue weighted by Gasteiger charge is 2.11. The van der Waals surface area contributed by atoms with E-state index in [4.69, 9.17) is 228 Å². The quantitative estimate of drug-likeness (QED) is 0.0619. The fraction of sp³-hybridized carbons (Fsp3) is 0.959. The lowest BCUT2D eigenvalue weighted by Gasteiger charge is -2.09. The van der Waals surface area contributed by atoms with E-state index in [0.717, 1.165) is 0 Å². The van der Waals surface area contributed by atoms with Gasteiger partial charge in [0.2, 0.25) is 0 Å². The van der Waals surface area contributed by atoms with E-state index in [0.29, 0.717) is 568 Å². The summed E-state index contributed by atoms with van der Waals surface area (Å²) in [6.07, 6.45) is -0.825. The van der Waals surface area contributed by atoms with Gasteiger partial charge in [-0.15, -0.1) is 0 Å². The molecule has 52 nitrogen and oxygen atoms in total. The van der Waals surface area contributed by atoms with Crippen molar-refractivity contribution in [2.24, 2.45) is 0 Å². The minimum atomic E-state index is -1.04. The first-order chi connectivity index (χ1) is 74.4. The fourth-order valence-corrected chi connectivity index (χ4v) is 10.5. The molecule has 0 heterocycles. The Morgan fingerprint density at radius 2 is 0.140 bits per heavy atom. The summed E-state index contributed by atoms with van der Waals surface area (Å²) in [5, 5.41) is 17.1. The average molecular weight is 2200 g/mol. The Bertz CT molecular complexity index is 2220. The van der Waals surface area contributed by atoms with Crippen LogP contribution in [0.2, 0.25) is 0 Å². The molecule has 0 saturated heterocycles. The van der Waals surface area contributed by atoms with Gasteiger partial charge < -0.3 is 228 Å². The van der Waals surface area contributed by atoms with E-state index < -0.39 is 23.9 Å². The van der Waals surface area contributed by atoms with Crippen LogP contribution < -0.4 is 0 Å². The van der Waals surface area contributed by atoms with Crippen LogP contribution in [-0.2, 0) is 237 Å². The largest absolute Gasteiger partial charge is 0.481 e. The predicted molar refractivity (Wildman–Crippen MR) is 532 cm³/mol. The van der Waals surface area contributed by atoms with Crippen LogP contribution in [-0.4, -0.2) is 629 Å². The summed E-state index contributed by atoms with van der Waals surface area (Å²) in [5.41, 5.74) is 0. The van der Waals surface area contributed by atoms with Crippen molar-refractivity contribution in [3.63, 3.8) is 0 Å². The minimum absolute atomic E-state index is 0.0675. The van der Waals surface area contributed by atoms with E-state index >= 15 is 0 Å². The molecule has 0 fully saturated rings. The van der Waals surface area contributed by atoms with E-state index in [1.165, 1.54) is 0 Å². The highest BCUT2D eigenvalue weighted by atomic mass is 16.7. The summed E-state index contributed by atoms with van der Waals surface area (Å²) in [4.78, 5) is 43.5. The maximum absolute atomic E-state index is 11.3. The SMILES string of the molecule is O=C(O)CCC(=O)OCCOCCOCCOCCOCCOCCOCCOCCOCCOCCOCCOCCOCCOCCOCCOCCOCCOCCOCCOCCOCCOCCOCCOCCOCCOCCOCCOCCOCCOCCOCCOCCOCCOCCOCCOCCOCCOCCOCCOCCOCCOCCOCCOCCOCCOC(=O)CCC(=O)O. The second-order valence-electron chi connectivity index (χ2n) is 30.2. The molecule has 0 aromatic heterocycles. The summed E-state index contributed by atoms with van der Waals surface area (Å²) in [7, 11) is 0. The van der Waals surface area contributed by atoms with Crippen molar-refractivity contribution in [2.75, 3.05) is 595 Å². The second kappa shape index (κ2) is 137. The molecule has 0 spiro atoms. The number of carbonyl (C=O) groups excluding carboxylic acids is 2. The number of carboxylic acids is 2. The number of hydrogen-bond donors (Lipinski definition) is 2. The van der Waals surface area contributed by atoms with E-state index in [1.54, 1.807) is 0 Å². The van der Waals surface area contributed by atoms with E-state index in [-0.39, 0.29) is 52.1 Å². The van der Waals surface area contributed by atoms with Gasteiger partial charge in [-0.25, -0.2) is 0 Å². The molecule has 0 aliphatic carbocycles. The first kappa shape index (κ1) is 146. The molecule has 150 heavy (non-hydrogen) atoms. The zero-order chi connectivity index (χ0) is 107. The van der Waals surface area contributed by atoms with Gasteiger partial charge in [0.25, 0.3) is 0 Å². The summed E-state index contributed by atoms with van der Waals surface area (Å²) < 4.78 is 252. The lowest BCUT2D eigenvalue weighted by molar-refractivity contribution is -0.149. The van der Waals surface area contributed by atoms with Crippen LogP contribution >= 0.6 is 0 Å². The predicted octanol–water partition coefficient (Wildman–Crippen LogP) is 0.533. The maximum atomic E-state index is 11.3. The Balaban J connectivity index is 3.12. The third-order valence-corrected chi connectivity index (χ3v) is 18.1. The van der Waals surface area contributed by atoms with E-state index in [1.807, 2.05) is 0 Å². The first-order valence-corrected chi connectivity index (χ1v) is 52.6. The third kappa shape index (κ3) is 140. The van der Waals surface area contributed by atoms with Crippen molar-refractivity contribution in [1.82, 2.24) is 0 Å². The molecule has 0 aromatic carbocycles. The number of hydrogen-bond acceptors (Lipinski definition) is 50. The zero-order valence-corrected chi connectivity index (χ0v) is 89.8. The van der Waals surface area contributed by atoms with Crippen LogP contribution in [0.3, 0.4) is 0 Å². The van der Waals surface area contributed by atoms with Gasteiger partial charge in [0.1, 0.15) is 13.2 Å². The zero-order valence-electron chi connectivity index (χ0n) is 89.8. The van der Waals surface area contributed by atoms with Gasteiger partial charge in [-0.2, -0.15) is 0 Å². The monoisotopic (exact) mass is 2200 g/mol. The molecular weight excluding hydrogens is 2010 g/mol. The molecule has 52 heteroatoms. The molecule has 0 saturated carbocycles. The molecule has 894 valence electrons. The molecule has 0 amide bonds. The summed E-state index contributed by atoms with van der Waals surface area (Å²) in [6, 6.07) is 0. The van der Waals surface area contributed by atoms with Crippen molar-refractivity contribution < 1.29 is 247 Å². The summed E-state index contributed by atoms with van der Waals surface area (Å²) >= 11 is 0. The number of carboxylic acid groups (broad SMARTS) is 2. The molecular formula is C98H190O52. The van der Waals surface area contributed by atoms with Crippen molar-refractivity contribution in [3.05, 3.63) is 0 Å². The first-order valence-electron chi connectivity index (χ1n) is 52.6. The van der Waals surface area contributed by atoms with Crippen molar-refractivity contribution in [2.45, 2.75) is 25.7 Å². The van der Waals surface area contributed by atoms with Gasteiger partial charge in [-0.1, -0.05) is 0 Å². The number of esters is 2. The minimum Gasteiger partial charge on any atom is -0.481 e. The molecule has 0 aliphatic rings. The van der Waals surface area contributed by atoms with E-state index in [9.17, 15) is 19.2 Å². The Morgan fingerprint density at radius 1 is 0.0867 bits per heavy atom. The molecule has 2 N–H and O–H groups in total. The molecule has 0 rings (SSSR count). The standard InChI is InChI=1S/C98H190O52/c99-95(100)1-3-97(103)149-93-91-147-89-87-145-85-83-143-81-79-141-77-75-139-73-71-137-69-67-135-65-63-133-61-59-131-57-55-129-53-51-127-49-47-125-45-43-123-41-39-121-37-35-119-33-31-117-29-27-115-25-23-113-21-19-111-17-15-109-13-11-107-9-7-105-5-6-106-8-10-108-12-14-110-16-18-112-20-22-114-24-26-116-28-30-118-32-34-120-36-38-122-40-42-124-44-46-126-48-50-128-52-54-130-56-58-132-60-62-134-64-66-136-68-70-138-72-74-140-76-78-142-80-82-144-84-86-146-88-90-148-92-94-150-98(104)4-2-96(101)102/h1-94H2,(H,99,100)(H,101,102). The normalized spacial score (nSPS) is 11.7. The lowest BCUT2D eigenvalue weighted by Crippen LogP contribution is -2.16. The number of ether oxygens (including phenoxy) is 46. The summed E-state index contributed by atoms with van der Waals surface area (Å²) in [6.45, 7) is 39.8. The number of rotatable bonds is 141. The fourth-order valence-electron chi connectivity index (χ4n) is 10.5. The van der Waals surface area contributed by atoms with Crippen LogP contribution in [0.1, 0.15) is 25.7 Å². The van der Waals surface area contributed by atoms with Crippen molar-refractivity contribution in [3.8, 4) is 0 Å². The van der Waals surface area contributed by atoms with Crippen LogP contribution in [0.15, 0.2) is 0 Å². The van der Waals surface area contributed by atoms with Gasteiger partial charge in [0, 0.05) is 0 Å². The third-order valence-electron chi connectivity index (χ3n) is 18.1. The Morgan fingerprint density at radius 3 is 0.193 bits per heavy atom. The maximum Gasteiger partial charge on any atom is 0.306 e. The average Bonchev–Trinajstić information content (AvgIpc) is 1.03. The van der Waals surface area contributed by atoms with Crippen LogP contribution in [0.25, 0.3) is 0 Å². The van der Waals surface area contributed by atoms with Crippen molar-refractivity contribution >= 4 is 23.9 Å². The topological polar surface area (TPSA) is 533 Å². The van der Waals surface area contributed by atoms with E-state index in [2.05, 4.69) is 0 Å². The molecule has 0 bridgehead atoms. The molecule has 0 aromatic rings.